The maximum absolute atomic E-state index is 11.3. The zero-order valence-corrected chi connectivity index (χ0v) is 11.5. The molecule has 24 heavy (non-hydrogen) atoms. The first-order chi connectivity index (χ1) is 11.1. The number of carbonyl (C=O) groups is 2. The molecule has 0 atom stereocenters. The van der Waals surface area contributed by atoms with Crippen LogP contribution in [0.15, 0.2) is 12.1 Å². The minimum atomic E-state index is -1.79. The van der Waals surface area contributed by atoms with Gasteiger partial charge in [-0.3, -0.25) is 0 Å². The topological polar surface area (TPSA) is 196 Å². The minimum Gasteiger partial charge on any atom is -0.504 e. The number of hydrogen-bond acceptors (Lipinski definition) is 8. The largest absolute Gasteiger partial charge is 0.504 e. The Hall–Kier alpha value is -3.82. The number of benzene rings is 2. The molecule has 0 aromatic heterocycles. The monoisotopic (exact) mass is 338 g/mol. The SMILES string of the molecule is O=C(O)c1c(-c2cc(O)c(O)c(O)c2C(=O)O)cc(O)c(O)c1O. The Morgan fingerprint density at radius 2 is 0.875 bits per heavy atom. The highest BCUT2D eigenvalue weighted by molar-refractivity contribution is 6.07. The van der Waals surface area contributed by atoms with Crippen LogP contribution in [0.3, 0.4) is 0 Å². The van der Waals surface area contributed by atoms with E-state index in [0.29, 0.717) is 12.1 Å². The van der Waals surface area contributed by atoms with Crippen molar-refractivity contribution < 1.29 is 50.4 Å². The van der Waals surface area contributed by atoms with Crippen LogP contribution in [0.25, 0.3) is 11.1 Å². The van der Waals surface area contributed by atoms with Gasteiger partial charge in [0.25, 0.3) is 0 Å². The lowest BCUT2D eigenvalue weighted by atomic mass is 9.92. The number of carboxylic acid groups (broad SMARTS) is 2. The summed E-state index contributed by atoms with van der Waals surface area (Å²) in [5.41, 5.74) is -3.23. The summed E-state index contributed by atoms with van der Waals surface area (Å²) in [7, 11) is 0. The molecule has 0 radical (unpaired) electrons. The summed E-state index contributed by atoms with van der Waals surface area (Å²) in [6.07, 6.45) is 0. The fourth-order valence-corrected chi connectivity index (χ4v) is 2.15. The second-order valence-electron chi connectivity index (χ2n) is 4.64. The van der Waals surface area contributed by atoms with Crippen LogP contribution in [-0.2, 0) is 0 Å². The third-order valence-corrected chi connectivity index (χ3v) is 3.23. The Bertz CT molecular complexity index is 811. The first-order valence-corrected chi connectivity index (χ1v) is 6.10. The molecule has 2 aromatic carbocycles. The van der Waals surface area contributed by atoms with Crippen LogP contribution >= 0.6 is 0 Å². The molecule has 8 N–H and O–H groups in total. The molecule has 0 bridgehead atoms. The molecule has 0 aliphatic carbocycles. The molecule has 2 rings (SSSR count). The van der Waals surface area contributed by atoms with Gasteiger partial charge in [0.1, 0.15) is 11.1 Å². The van der Waals surface area contributed by atoms with Gasteiger partial charge in [0, 0.05) is 11.1 Å². The maximum Gasteiger partial charge on any atom is 0.340 e. The predicted molar refractivity (Wildman–Crippen MR) is 75.8 cm³/mol. The van der Waals surface area contributed by atoms with Crippen LogP contribution < -0.4 is 0 Å². The van der Waals surface area contributed by atoms with E-state index in [9.17, 15) is 50.4 Å². The molecule has 10 heteroatoms. The van der Waals surface area contributed by atoms with Crippen molar-refractivity contribution >= 4 is 11.9 Å². The molecule has 0 saturated heterocycles. The van der Waals surface area contributed by atoms with Crippen LogP contribution in [0.4, 0.5) is 0 Å². The first kappa shape index (κ1) is 16.5. The third kappa shape index (κ3) is 2.31. The summed E-state index contributed by atoms with van der Waals surface area (Å²) in [6.45, 7) is 0. The van der Waals surface area contributed by atoms with Gasteiger partial charge in [-0.05, 0) is 12.1 Å². The highest BCUT2D eigenvalue weighted by Crippen LogP contribution is 2.48. The Labute approximate surface area is 132 Å². The highest BCUT2D eigenvalue weighted by Gasteiger charge is 2.29. The third-order valence-electron chi connectivity index (χ3n) is 3.23. The fourth-order valence-electron chi connectivity index (χ4n) is 2.15. The average Bonchev–Trinajstić information content (AvgIpc) is 2.48. The van der Waals surface area contributed by atoms with Gasteiger partial charge in [-0.1, -0.05) is 0 Å². The molecule has 126 valence electrons. The Morgan fingerprint density at radius 3 is 1.12 bits per heavy atom. The molecule has 2 aromatic rings. The van der Waals surface area contributed by atoms with Crippen molar-refractivity contribution in [3.63, 3.8) is 0 Å². The summed E-state index contributed by atoms with van der Waals surface area (Å²) in [6, 6.07) is 1.24. The Morgan fingerprint density at radius 1 is 0.583 bits per heavy atom. The number of hydrogen-bond donors (Lipinski definition) is 8. The zero-order chi connectivity index (χ0) is 18.3. The molecule has 0 aliphatic heterocycles. The van der Waals surface area contributed by atoms with Gasteiger partial charge < -0.3 is 40.9 Å². The number of phenols is 6. The molecular formula is C14H10O10. The molecule has 10 nitrogen and oxygen atoms in total. The highest BCUT2D eigenvalue weighted by atomic mass is 16.4. The van der Waals surface area contributed by atoms with Crippen molar-refractivity contribution in [3.8, 4) is 45.6 Å². The van der Waals surface area contributed by atoms with Crippen LogP contribution in [0, 0.1) is 0 Å². The van der Waals surface area contributed by atoms with E-state index < -0.39 is 68.7 Å². The summed E-state index contributed by atoms with van der Waals surface area (Å²) in [5.74, 6) is -10.3. The van der Waals surface area contributed by atoms with Gasteiger partial charge in [0.05, 0.1) is 0 Å². The predicted octanol–water partition coefficient (Wildman–Crippen LogP) is 0.984. The summed E-state index contributed by atoms with van der Waals surface area (Å²) in [5, 5.41) is 75.7. The molecule has 0 fully saturated rings. The zero-order valence-electron chi connectivity index (χ0n) is 11.5. The average molecular weight is 338 g/mol. The number of aromatic hydroxyl groups is 6. The lowest BCUT2D eigenvalue weighted by Crippen LogP contribution is -2.05. The molecule has 0 unspecified atom stereocenters. The van der Waals surface area contributed by atoms with E-state index in [1.807, 2.05) is 0 Å². The molecule has 0 aliphatic rings. The lowest BCUT2D eigenvalue weighted by molar-refractivity contribution is 0.0679. The quantitative estimate of drug-likeness (QED) is 0.373. The van der Waals surface area contributed by atoms with Crippen LogP contribution in [0.5, 0.6) is 34.5 Å². The standard InChI is InChI=1S/C14H10O10/c15-5-1-3(7(13(21)22)11(19)9(5)17)4-2-6(16)10(18)12(20)8(4)14(23)24/h1-2,15-20H,(H,21,22)(H,23,24). The molecule has 0 spiro atoms. The smallest absolute Gasteiger partial charge is 0.340 e. The second-order valence-corrected chi connectivity index (χ2v) is 4.64. The maximum atomic E-state index is 11.3. The van der Waals surface area contributed by atoms with Crippen molar-refractivity contribution in [3.05, 3.63) is 23.3 Å². The molecular weight excluding hydrogens is 328 g/mol. The Kier molecular flexibility index (Phi) is 3.74. The van der Waals surface area contributed by atoms with E-state index in [4.69, 9.17) is 0 Å². The van der Waals surface area contributed by atoms with Gasteiger partial charge in [0.15, 0.2) is 23.0 Å². The summed E-state index contributed by atoms with van der Waals surface area (Å²) in [4.78, 5) is 22.6. The van der Waals surface area contributed by atoms with Crippen LogP contribution in [-0.4, -0.2) is 52.8 Å². The number of carboxylic acids is 2. The van der Waals surface area contributed by atoms with Crippen molar-refractivity contribution in [1.82, 2.24) is 0 Å². The van der Waals surface area contributed by atoms with E-state index in [1.165, 1.54) is 0 Å². The van der Waals surface area contributed by atoms with Gasteiger partial charge in [-0.2, -0.15) is 0 Å². The molecule has 0 amide bonds. The van der Waals surface area contributed by atoms with E-state index in [1.54, 1.807) is 0 Å². The van der Waals surface area contributed by atoms with E-state index in [0.717, 1.165) is 0 Å². The van der Waals surface area contributed by atoms with E-state index >= 15 is 0 Å². The van der Waals surface area contributed by atoms with Gasteiger partial charge in [0.2, 0.25) is 11.5 Å². The van der Waals surface area contributed by atoms with Crippen LogP contribution in [0.1, 0.15) is 20.7 Å². The summed E-state index contributed by atoms with van der Waals surface area (Å²) >= 11 is 0. The lowest BCUT2D eigenvalue weighted by Gasteiger charge is -2.15. The minimum absolute atomic E-state index is 0.621. The van der Waals surface area contributed by atoms with Gasteiger partial charge in [-0.15, -0.1) is 0 Å². The normalized spacial score (nSPS) is 10.5. The van der Waals surface area contributed by atoms with Crippen molar-refractivity contribution in [1.29, 1.82) is 0 Å². The van der Waals surface area contributed by atoms with E-state index in [2.05, 4.69) is 0 Å². The summed E-state index contributed by atoms with van der Waals surface area (Å²) < 4.78 is 0. The molecule has 0 saturated carbocycles. The van der Waals surface area contributed by atoms with Crippen molar-refractivity contribution in [2.45, 2.75) is 0 Å². The fraction of sp³-hybridized carbons (Fsp3) is 0. The van der Waals surface area contributed by atoms with Crippen molar-refractivity contribution in [2.24, 2.45) is 0 Å². The second kappa shape index (κ2) is 5.43. The Balaban J connectivity index is 3.02. The number of rotatable bonds is 3. The number of aromatic carboxylic acids is 2. The first-order valence-electron chi connectivity index (χ1n) is 6.10. The van der Waals surface area contributed by atoms with E-state index in [-0.39, 0.29) is 0 Å². The molecule has 0 heterocycles. The van der Waals surface area contributed by atoms with Crippen molar-refractivity contribution in [2.75, 3.05) is 0 Å². The van der Waals surface area contributed by atoms with Crippen LogP contribution in [0.2, 0.25) is 0 Å². The van der Waals surface area contributed by atoms with Gasteiger partial charge in [-0.25, -0.2) is 9.59 Å². The van der Waals surface area contributed by atoms with Gasteiger partial charge >= 0.3 is 11.9 Å². The number of phenolic OH excluding ortho intramolecular Hbond substituents is 4.